The van der Waals surface area contributed by atoms with Crippen molar-refractivity contribution in [3.8, 4) is 11.5 Å². The molecule has 0 unspecified atom stereocenters. The summed E-state index contributed by atoms with van der Waals surface area (Å²) in [5, 5.41) is 4.18. The van der Waals surface area contributed by atoms with Gasteiger partial charge in [-0.05, 0) is 24.3 Å². The maximum atomic E-state index is 11.9. The normalized spacial score (nSPS) is 10.4. The lowest BCUT2D eigenvalue weighted by Gasteiger charge is -2.15. The predicted molar refractivity (Wildman–Crippen MR) is 95.9 cm³/mol. The van der Waals surface area contributed by atoms with Gasteiger partial charge in [-0.15, -0.1) is 0 Å². The molecule has 0 saturated carbocycles. The van der Waals surface area contributed by atoms with Crippen LogP contribution in [0.1, 0.15) is 10.5 Å². The van der Waals surface area contributed by atoms with Crippen LogP contribution < -0.4 is 14.8 Å². The number of esters is 1. The van der Waals surface area contributed by atoms with Crippen LogP contribution >= 0.6 is 0 Å². The number of hydrogen-bond donors (Lipinski definition) is 1. The Balaban J connectivity index is 2.13. The summed E-state index contributed by atoms with van der Waals surface area (Å²) in [7, 11) is 4.53. The van der Waals surface area contributed by atoms with Gasteiger partial charge in [0.2, 0.25) is 0 Å². The molecule has 3 rings (SSSR count). The van der Waals surface area contributed by atoms with Crippen LogP contribution in [0, 0.1) is 0 Å². The first-order chi connectivity index (χ1) is 12.2. The molecule has 0 saturated heterocycles. The Kier molecular flexibility index (Phi) is 4.70. The first kappa shape index (κ1) is 16.6. The monoisotopic (exact) mass is 338 g/mol. The van der Waals surface area contributed by atoms with Gasteiger partial charge in [-0.3, -0.25) is 0 Å². The van der Waals surface area contributed by atoms with Crippen molar-refractivity contribution in [3.63, 3.8) is 0 Å². The molecule has 0 aliphatic heterocycles. The zero-order chi connectivity index (χ0) is 17.8. The highest BCUT2D eigenvalue weighted by Crippen LogP contribution is 2.34. The quantitative estimate of drug-likeness (QED) is 0.714. The van der Waals surface area contributed by atoms with E-state index in [0.717, 1.165) is 11.1 Å². The van der Waals surface area contributed by atoms with Crippen molar-refractivity contribution in [1.29, 1.82) is 0 Å². The van der Waals surface area contributed by atoms with Gasteiger partial charge in [0.05, 0.1) is 38.2 Å². The lowest BCUT2D eigenvalue weighted by molar-refractivity contribution is 0.0594. The summed E-state index contributed by atoms with van der Waals surface area (Å²) in [4.78, 5) is 16.3. The topological polar surface area (TPSA) is 69.7 Å². The van der Waals surface area contributed by atoms with Gasteiger partial charge in [0.1, 0.15) is 11.5 Å². The number of hydrogen-bond acceptors (Lipinski definition) is 6. The highest BCUT2D eigenvalue weighted by atomic mass is 16.5. The Morgan fingerprint density at radius 3 is 2.48 bits per heavy atom. The average molecular weight is 338 g/mol. The first-order valence-electron chi connectivity index (χ1n) is 7.63. The molecule has 128 valence electrons. The largest absolute Gasteiger partial charge is 0.497 e. The van der Waals surface area contributed by atoms with Gasteiger partial charge in [0.15, 0.2) is 5.69 Å². The van der Waals surface area contributed by atoms with Crippen molar-refractivity contribution < 1.29 is 19.0 Å². The maximum Gasteiger partial charge on any atom is 0.356 e. The van der Waals surface area contributed by atoms with Crippen LogP contribution in [-0.2, 0) is 4.74 Å². The minimum atomic E-state index is -0.494. The van der Waals surface area contributed by atoms with Crippen molar-refractivity contribution in [1.82, 2.24) is 4.98 Å². The standard InChI is InChI=1S/C19H18N2O4/c1-23-12-8-9-18(24-2)16(10-12)21-15-11-17(19(22)25-3)20-14-7-5-4-6-13(14)15/h4-11H,1-3H3,(H,20,21). The van der Waals surface area contributed by atoms with Gasteiger partial charge >= 0.3 is 5.97 Å². The number of aromatic nitrogens is 1. The molecule has 0 bridgehead atoms. The third-order valence-electron chi connectivity index (χ3n) is 3.79. The second-order valence-electron chi connectivity index (χ2n) is 5.26. The summed E-state index contributed by atoms with van der Waals surface area (Å²) in [5.41, 5.74) is 2.35. The second-order valence-corrected chi connectivity index (χ2v) is 5.26. The van der Waals surface area contributed by atoms with E-state index in [9.17, 15) is 4.79 Å². The smallest absolute Gasteiger partial charge is 0.356 e. The number of rotatable bonds is 5. The number of benzene rings is 2. The number of anilines is 2. The van der Waals surface area contributed by atoms with E-state index in [-0.39, 0.29) is 5.69 Å². The van der Waals surface area contributed by atoms with E-state index in [4.69, 9.17) is 14.2 Å². The van der Waals surface area contributed by atoms with Gasteiger partial charge in [-0.2, -0.15) is 0 Å². The fourth-order valence-corrected chi connectivity index (χ4v) is 2.54. The molecule has 3 aromatic rings. The molecule has 0 radical (unpaired) electrons. The molecule has 0 atom stereocenters. The molecule has 1 N–H and O–H groups in total. The van der Waals surface area contributed by atoms with Gasteiger partial charge in [0, 0.05) is 11.5 Å². The number of para-hydroxylation sites is 1. The van der Waals surface area contributed by atoms with Gasteiger partial charge in [-0.1, -0.05) is 18.2 Å². The highest BCUT2D eigenvalue weighted by molar-refractivity contribution is 5.99. The minimum absolute atomic E-state index is 0.227. The summed E-state index contributed by atoms with van der Waals surface area (Å²) in [5.74, 6) is 0.850. The molecule has 6 heteroatoms. The Labute approximate surface area is 145 Å². The maximum absolute atomic E-state index is 11.9. The molecule has 25 heavy (non-hydrogen) atoms. The molecule has 6 nitrogen and oxygen atoms in total. The Bertz CT molecular complexity index is 924. The third kappa shape index (κ3) is 3.33. The fourth-order valence-electron chi connectivity index (χ4n) is 2.54. The van der Waals surface area contributed by atoms with Crippen LogP contribution in [-0.4, -0.2) is 32.3 Å². The Hall–Kier alpha value is -3.28. The summed E-state index contributed by atoms with van der Waals surface area (Å²) in [6.45, 7) is 0. The van der Waals surface area contributed by atoms with E-state index < -0.39 is 5.97 Å². The van der Waals surface area contributed by atoms with Crippen LogP contribution in [0.15, 0.2) is 48.5 Å². The van der Waals surface area contributed by atoms with Crippen LogP contribution in [0.25, 0.3) is 10.9 Å². The van der Waals surface area contributed by atoms with Crippen molar-refractivity contribution in [3.05, 3.63) is 54.2 Å². The zero-order valence-electron chi connectivity index (χ0n) is 14.2. The molecule has 0 fully saturated rings. The molecule has 0 spiro atoms. The number of ether oxygens (including phenoxy) is 3. The molecule has 1 aromatic heterocycles. The number of fused-ring (bicyclic) bond motifs is 1. The molecular formula is C19H18N2O4. The number of nitrogens with one attached hydrogen (secondary N) is 1. The lowest BCUT2D eigenvalue weighted by atomic mass is 10.1. The minimum Gasteiger partial charge on any atom is -0.497 e. The summed E-state index contributed by atoms with van der Waals surface area (Å²) >= 11 is 0. The Morgan fingerprint density at radius 2 is 1.76 bits per heavy atom. The number of carbonyl (C=O) groups excluding carboxylic acids is 1. The number of methoxy groups -OCH3 is 3. The van der Waals surface area contributed by atoms with Crippen molar-refractivity contribution in [2.24, 2.45) is 0 Å². The highest BCUT2D eigenvalue weighted by Gasteiger charge is 2.14. The van der Waals surface area contributed by atoms with Crippen LogP contribution in [0.3, 0.4) is 0 Å². The predicted octanol–water partition coefficient (Wildman–Crippen LogP) is 3.78. The molecule has 2 aromatic carbocycles. The van der Waals surface area contributed by atoms with Gasteiger partial charge in [0.25, 0.3) is 0 Å². The van der Waals surface area contributed by atoms with Crippen molar-refractivity contribution in [2.75, 3.05) is 26.6 Å². The molecule has 0 aliphatic carbocycles. The molecular weight excluding hydrogens is 320 g/mol. The van der Waals surface area contributed by atoms with Crippen LogP contribution in [0.5, 0.6) is 11.5 Å². The van der Waals surface area contributed by atoms with E-state index >= 15 is 0 Å². The number of carbonyl (C=O) groups is 1. The van der Waals surface area contributed by atoms with E-state index in [2.05, 4.69) is 10.3 Å². The number of pyridine rings is 1. The van der Waals surface area contributed by atoms with Gasteiger partial charge in [-0.25, -0.2) is 9.78 Å². The SMILES string of the molecule is COC(=O)c1cc(Nc2cc(OC)ccc2OC)c2ccccc2n1. The average Bonchev–Trinajstić information content (AvgIpc) is 2.67. The second kappa shape index (κ2) is 7.09. The number of nitrogens with zero attached hydrogens (tertiary/aromatic N) is 1. The van der Waals surface area contributed by atoms with E-state index in [0.29, 0.717) is 22.7 Å². The van der Waals surface area contributed by atoms with E-state index in [1.165, 1.54) is 7.11 Å². The van der Waals surface area contributed by atoms with Gasteiger partial charge < -0.3 is 19.5 Å². The van der Waals surface area contributed by atoms with Crippen molar-refractivity contribution in [2.45, 2.75) is 0 Å². The summed E-state index contributed by atoms with van der Waals surface area (Å²) < 4.78 is 15.5. The first-order valence-corrected chi connectivity index (χ1v) is 7.63. The fraction of sp³-hybridized carbons (Fsp3) is 0.158. The summed E-state index contributed by atoms with van der Waals surface area (Å²) in [6, 6.07) is 14.7. The lowest BCUT2D eigenvalue weighted by Crippen LogP contribution is -2.06. The van der Waals surface area contributed by atoms with Crippen LogP contribution in [0.4, 0.5) is 11.4 Å². The molecule has 0 aliphatic rings. The van der Waals surface area contributed by atoms with E-state index in [1.54, 1.807) is 20.3 Å². The third-order valence-corrected chi connectivity index (χ3v) is 3.79. The Morgan fingerprint density at radius 1 is 0.960 bits per heavy atom. The summed E-state index contributed by atoms with van der Waals surface area (Å²) in [6.07, 6.45) is 0. The van der Waals surface area contributed by atoms with Crippen molar-refractivity contribution >= 4 is 28.2 Å². The van der Waals surface area contributed by atoms with E-state index in [1.807, 2.05) is 42.5 Å². The zero-order valence-corrected chi connectivity index (χ0v) is 14.2. The van der Waals surface area contributed by atoms with Crippen LogP contribution in [0.2, 0.25) is 0 Å². The molecule has 1 heterocycles. The molecule has 0 amide bonds.